The first kappa shape index (κ1) is 17.5. The number of esters is 2. The lowest BCUT2D eigenvalue weighted by atomic mass is 10.2. The highest BCUT2D eigenvalue weighted by molar-refractivity contribution is 14.1. The van der Waals surface area contributed by atoms with Gasteiger partial charge < -0.3 is 14.6 Å². The molecule has 0 spiro atoms. The summed E-state index contributed by atoms with van der Waals surface area (Å²) >= 11 is 7.50. The first-order valence-corrected chi connectivity index (χ1v) is 7.83. The van der Waals surface area contributed by atoms with Crippen molar-refractivity contribution < 1.29 is 29.0 Å². The van der Waals surface area contributed by atoms with Gasteiger partial charge in [-0.1, -0.05) is 0 Å². The minimum absolute atomic E-state index is 0.0644. The molecule has 0 radical (unpaired) electrons. The number of benzene rings is 1. The molecule has 0 fully saturated rings. The molecule has 108 valence electrons. The van der Waals surface area contributed by atoms with Gasteiger partial charge in [0.05, 0.1) is 9.32 Å². The van der Waals surface area contributed by atoms with Crippen LogP contribution in [0.3, 0.4) is 0 Å². The van der Waals surface area contributed by atoms with Crippen LogP contribution in [0.15, 0.2) is 12.1 Å². The van der Waals surface area contributed by atoms with Crippen LogP contribution in [0.5, 0.6) is 5.75 Å². The molecular weight excluding hydrogens is 514 g/mol. The summed E-state index contributed by atoms with van der Waals surface area (Å²) in [5.41, 5.74) is -0.129. The SMILES string of the molecule is O=C(CS)OCC(=O)Oc1c(I)cc(I)cc1C(=O)O. The van der Waals surface area contributed by atoms with Crippen LogP contribution in [0, 0.1) is 7.14 Å². The Kier molecular flexibility index (Phi) is 7.02. The van der Waals surface area contributed by atoms with E-state index in [-0.39, 0.29) is 17.1 Å². The zero-order valence-electron chi connectivity index (χ0n) is 9.76. The highest BCUT2D eigenvalue weighted by Gasteiger charge is 2.19. The molecule has 0 atom stereocenters. The first-order chi connectivity index (χ1) is 9.35. The Hall–Kier alpha value is -0.560. The van der Waals surface area contributed by atoms with Crippen LogP contribution in [0.25, 0.3) is 0 Å². The largest absolute Gasteiger partial charge is 0.478 e. The Morgan fingerprint density at radius 3 is 2.40 bits per heavy atom. The lowest BCUT2D eigenvalue weighted by molar-refractivity contribution is -0.151. The van der Waals surface area contributed by atoms with Crippen molar-refractivity contribution in [3.63, 3.8) is 0 Å². The smallest absolute Gasteiger partial charge is 0.349 e. The molecule has 9 heteroatoms. The van der Waals surface area contributed by atoms with Crippen LogP contribution >= 0.6 is 57.8 Å². The summed E-state index contributed by atoms with van der Waals surface area (Å²) in [6.07, 6.45) is 0. The standard InChI is InChI=1S/C11H8I2O6S/c12-5-1-6(11(16)17)10(7(13)2-5)19-8(14)3-18-9(15)4-20/h1-2,20H,3-4H2,(H,16,17). The molecule has 0 unspecified atom stereocenters. The summed E-state index contributed by atoms with van der Waals surface area (Å²) in [5.74, 6) is -2.96. The molecule has 1 aromatic rings. The van der Waals surface area contributed by atoms with Crippen molar-refractivity contribution >= 4 is 75.7 Å². The third-order valence-corrected chi connectivity index (χ3v) is 3.62. The molecular formula is C11H8I2O6S. The number of ether oxygens (including phenoxy) is 2. The lowest BCUT2D eigenvalue weighted by Crippen LogP contribution is -2.21. The summed E-state index contributed by atoms with van der Waals surface area (Å²) in [6.45, 7) is -0.597. The van der Waals surface area contributed by atoms with E-state index in [0.717, 1.165) is 0 Å². The van der Waals surface area contributed by atoms with Crippen LogP contribution in [-0.2, 0) is 14.3 Å². The number of carboxylic acids is 1. The molecule has 0 bridgehead atoms. The molecule has 6 nitrogen and oxygen atoms in total. The Morgan fingerprint density at radius 2 is 1.85 bits per heavy atom. The second-order valence-corrected chi connectivity index (χ2v) is 6.09. The second-order valence-electron chi connectivity index (χ2n) is 3.36. The summed E-state index contributed by atoms with van der Waals surface area (Å²) in [4.78, 5) is 33.5. The number of carboxylic acid groups (broad SMARTS) is 1. The first-order valence-electron chi connectivity index (χ1n) is 5.04. The predicted molar refractivity (Wildman–Crippen MR) is 89.3 cm³/mol. The number of aromatic carboxylic acids is 1. The van der Waals surface area contributed by atoms with Crippen LogP contribution < -0.4 is 4.74 Å². The van der Waals surface area contributed by atoms with Crippen molar-refractivity contribution in [2.24, 2.45) is 0 Å². The van der Waals surface area contributed by atoms with E-state index in [1.54, 1.807) is 6.07 Å². The van der Waals surface area contributed by atoms with Crippen LogP contribution in [0.1, 0.15) is 10.4 Å². The van der Waals surface area contributed by atoms with Crippen molar-refractivity contribution in [3.8, 4) is 5.75 Å². The number of halogens is 2. The number of carbonyl (C=O) groups excluding carboxylic acids is 2. The van der Waals surface area contributed by atoms with Gasteiger partial charge in [0.1, 0.15) is 5.56 Å². The van der Waals surface area contributed by atoms with E-state index in [4.69, 9.17) is 9.84 Å². The summed E-state index contributed by atoms with van der Waals surface area (Å²) < 4.78 is 10.7. The molecule has 0 aliphatic rings. The molecule has 0 aromatic heterocycles. The van der Waals surface area contributed by atoms with Gasteiger partial charge in [0.25, 0.3) is 0 Å². The van der Waals surface area contributed by atoms with E-state index in [1.165, 1.54) is 6.07 Å². The molecule has 1 aromatic carbocycles. The Morgan fingerprint density at radius 1 is 1.20 bits per heavy atom. The minimum atomic E-state index is -1.21. The highest BCUT2D eigenvalue weighted by atomic mass is 127. The molecule has 0 saturated heterocycles. The van der Waals surface area contributed by atoms with Gasteiger partial charge in [0.15, 0.2) is 12.4 Å². The average Bonchev–Trinajstić information content (AvgIpc) is 2.38. The fraction of sp³-hybridized carbons (Fsp3) is 0.182. The van der Waals surface area contributed by atoms with Crippen molar-refractivity contribution in [2.75, 3.05) is 12.4 Å². The van der Waals surface area contributed by atoms with E-state index in [1.807, 2.05) is 45.2 Å². The van der Waals surface area contributed by atoms with Crippen molar-refractivity contribution in [1.82, 2.24) is 0 Å². The summed E-state index contributed by atoms with van der Waals surface area (Å²) in [6, 6.07) is 3.04. The van der Waals surface area contributed by atoms with Gasteiger partial charge >= 0.3 is 17.9 Å². The maximum Gasteiger partial charge on any atom is 0.349 e. The van der Waals surface area contributed by atoms with E-state index >= 15 is 0 Å². The van der Waals surface area contributed by atoms with E-state index in [0.29, 0.717) is 7.14 Å². The zero-order chi connectivity index (χ0) is 15.3. The fourth-order valence-corrected chi connectivity index (χ4v) is 3.20. The molecule has 0 amide bonds. The average molecular weight is 522 g/mol. The molecule has 1 N–H and O–H groups in total. The van der Waals surface area contributed by atoms with Gasteiger partial charge in [0.2, 0.25) is 0 Å². The number of hydrogen-bond acceptors (Lipinski definition) is 6. The van der Waals surface area contributed by atoms with Crippen LogP contribution in [0.4, 0.5) is 0 Å². The minimum Gasteiger partial charge on any atom is -0.478 e. The number of rotatable bonds is 5. The maximum absolute atomic E-state index is 11.5. The monoisotopic (exact) mass is 522 g/mol. The Bertz CT molecular complexity index is 560. The number of hydrogen-bond donors (Lipinski definition) is 2. The van der Waals surface area contributed by atoms with E-state index in [9.17, 15) is 14.4 Å². The van der Waals surface area contributed by atoms with Crippen molar-refractivity contribution in [1.29, 1.82) is 0 Å². The number of carbonyl (C=O) groups is 3. The zero-order valence-corrected chi connectivity index (χ0v) is 15.0. The van der Waals surface area contributed by atoms with Gasteiger partial charge in [-0.25, -0.2) is 9.59 Å². The van der Waals surface area contributed by atoms with E-state index in [2.05, 4.69) is 17.4 Å². The van der Waals surface area contributed by atoms with Crippen LogP contribution in [0.2, 0.25) is 0 Å². The second kappa shape index (κ2) is 8.02. The number of thiol groups is 1. The molecule has 1 rings (SSSR count). The normalized spacial score (nSPS) is 9.95. The molecule has 0 aliphatic heterocycles. The molecule has 0 saturated carbocycles. The van der Waals surface area contributed by atoms with Crippen molar-refractivity contribution in [3.05, 3.63) is 24.8 Å². The van der Waals surface area contributed by atoms with Gasteiger partial charge in [-0.2, -0.15) is 12.6 Å². The molecule has 0 heterocycles. The summed E-state index contributed by atoms with van der Waals surface area (Å²) in [7, 11) is 0. The third kappa shape index (κ3) is 5.09. The Labute approximate surface area is 146 Å². The fourth-order valence-electron chi connectivity index (χ4n) is 1.15. The van der Waals surface area contributed by atoms with Gasteiger partial charge in [-0.05, 0) is 57.3 Å². The third-order valence-electron chi connectivity index (χ3n) is 1.93. The van der Waals surface area contributed by atoms with Gasteiger partial charge in [0, 0.05) is 3.57 Å². The quantitative estimate of drug-likeness (QED) is 0.266. The van der Waals surface area contributed by atoms with Crippen molar-refractivity contribution in [2.45, 2.75) is 0 Å². The summed E-state index contributed by atoms with van der Waals surface area (Å²) in [5, 5.41) is 9.09. The highest BCUT2D eigenvalue weighted by Crippen LogP contribution is 2.28. The van der Waals surface area contributed by atoms with Crippen LogP contribution in [-0.4, -0.2) is 35.4 Å². The Balaban J connectivity index is 2.89. The van der Waals surface area contributed by atoms with E-state index < -0.39 is 24.5 Å². The molecule has 20 heavy (non-hydrogen) atoms. The lowest BCUT2D eigenvalue weighted by Gasteiger charge is -2.10. The maximum atomic E-state index is 11.5. The van der Waals surface area contributed by atoms with Gasteiger partial charge in [-0.3, -0.25) is 4.79 Å². The molecule has 0 aliphatic carbocycles. The van der Waals surface area contributed by atoms with Gasteiger partial charge in [-0.15, -0.1) is 0 Å². The predicted octanol–water partition coefficient (Wildman–Crippen LogP) is 1.97. The topological polar surface area (TPSA) is 89.9 Å².